The van der Waals surface area contributed by atoms with E-state index in [-0.39, 0.29) is 0 Å². The van der Waals surface area contributed by atoms with Gasteiger partial charge in [0.1, 0.15) is 0 Å². The second kappa shape index (κ2) is 7.22. The lowest BCUT2D eigenvalue weighted by Gasteiger charge is -2.22. The van der Waals surface area contributed by atoms with Crippen LogP contribution in [0.1, 0.15) is 44.9 Å². The van der Waals surface area contributed by atoms with Crippen molar-refractivity contribution >= 4 is 21.4 Å². The molecule has 120 valence electrons. The summed E-state index contributed by atoms with van der Waals surface area (Å²) < 4.78 is 27.0. The summed E-state index contributed by atoms with van der Waals surface area (Å²) in [6.07, 6.45) is 3.48. The quantitative estimate of drug-likeness (QED) is 0.757. The predicted octanol–water partition coefficient (Wildman–Crippen LogP) is 3.06. The first kappa shape index (κ1) is 16.9. The summed E-state index contributed by atoms with van der Waals surface area (Å²) >= 11 is 1.53. The normalized spacial score (nSPS) is 17.3. The lowest BCUT2D eigenvalue weighted by Crippen LogP contribution is -2.34. The van der Waals surface area contributed by atoms with Gasteiger partial charge in [0.05, 0.1) is 4.90 Å². The van der Waals surface area contributed by atoms with Crippen molar-refractivity contribution in [2.45, 2.75) is 57.5 Å². The fourth-order valence-electron chi connectivity index (χ4n) is 2.14. The first-order chi connectivity index (χ1) is 9.97. The summed E-state index contributed by atoms with van der Waals surface area (Å²) in [7, 11) is -3.34. The predicted molar refractivity (Wildman–Crippen MR) is 88.1 cm³/mol. The molecule has 1 unspecified atom stereocenters. The zero-order valence-corrected chi connectivity index (χ0v) is 14.8. The molecule has 0 aromatic carbocycles. The van der Waals surface area contributed by atoms with Crippen molar-refractivity contribution in [1.82, 2.24) is 9.62 Å². The molecule has 0 bridgehead atoms. The molecule has 0 radical (unpaired) electrons. The van der Waals surface area contributed by atoms with Crippen molar-refractivity contribution in [3.8, 4) is 0 Å². The summed E-state index contributed by atoms with van der Waals surface area (Å²) in [6, 6.07) is 2.47. The summed E-state index contributed by atoms with van der Waals surface area (Å²) in [5.74, 6) is 0.384. The lowest BCUT2D eigenvalue weighted by atomic mass is 10.1. The Labute approximate surface area is 132 Å². The monoisotopic (exact) mass is 330 g/mol. The van der Waals surface area contributed by atoms with Crippen molar-refractivity contribution in [3.05, 3.63) is 16.3 Å². The molecule has 1 aliphatic carbocycles. The van der Waals surface area contributed by atoms with E-state index in [1.807, 2.05) is 13.0 Å². The van der Waals surface area contributed by atoms with Crippen LogP contribution in [0, 0.1) is 5.92 Å². The molecule has 2 rings (SSSR count). The maximum Gasteiger partial charge on any atom is 0.243 e. The molecule has 21 heavy (non-hydrogen) atoms. The van der Waals surface area contributed by atoms with Crippen molar-refractivity contribution in [2.24, 2.45) is 5.92 Å². The minimum atomic E-state index is -3.34. The minimum Gasteiger partial charge on any atom is -0.309 e. The molecule has 6 heteroatoms. The fourth-order valence-corrected chi connectivity index (χ4v) is 4.93. The molecule has 0 amide bonds. The van der Waals surface area contributed by atoms with E-state index < -0.39 is 10.0 Å². The fraction of sp³-hybridized carbons (Fsp3) is 0.733. The zero-order valence-electron chi connectivity index (χ0n) is 13.1. The van der Waals surface area contributed by atoms with Gasteiger partial charge in [-0.3, -0.25) is 0 Å². The van der Waals surface area contributed by atoms with Crippen LogP contribution in [0.25, 0.3) is 0 Å². The number of rotatable bonds is 9. The molecule has 0 aliphatic heterocycles. The molecule has 0 spiro atoms. The largest absolute Gasteiger partial charge is 0.309 e. The lowest BCUT2D eigenvalue weighted by molar-refractivity contribution is 0.361. The van der Waals surface area contributed by atoms with Gasteiger partial charge in [0.15, 0.2) is 0 Å². The standard InChI is InChI=1S/C15H26N2O2S2/c1-4-12(3)10-17(5-2)21(18,19)15-8-14(20-11-15)9-16-13-6-7-13/h8,11-13,16H,4-7,9-10H2,1-3H3. The van der Waals surface area contributed by atoms with Gasteiger partial charge in [-0.15, -0.1) is 11.3 Å². The maximum absolute atomic E-state index is 12.7. The molecule has 1 saturated carbocycles. The van der Waals surface area contributed by atoms with E-state index in [0.29, 0.717) is 29.9 Å². The summed E-state index contributed by atoms with van der Waals surface area (Å²) in [4.78, 5) is 1.55. The average Bonchev–Trinajstić information content (AvgIpc) is 3.17. The molecule has 0 saturated heterocycles. The van der Waals surface area contributed by atoms with Crippen LogP contribution < -0.4 is 5.32 Å². The van der Waals surface area contributed by atoms with Gasteiger partial charge in [-0.1, -0.05) is 27.2 Å². The molecule has 1 heterocycles. The number of nitrogens with zero attached hydrogens (tertiary/aromatic N) is 1. The van der Waals surface area contributed by atoms with Crippen LogP contribution in [-0.2, 0) is 16.6 Å². The van der Waals surface area contributed by atoms with Gasteiger partial charge >= 0.3 is 0 Å². The Balaban J connectivity index is 2.05. The van der Waals surface area contributed by atoms with E-state index in [9.17, 15) is 8.42 Å². The van der Waals surface area contributed by atoms with Crippen LogP contribution in [0.2, 0.25) is 0 Å². The number of hydrogen-bond donors (Lipinski definition) is 1. The van der Waals surface area contributed by atoms with Gasteiger partial charge in [0, 0.05) is 35.9 Å². The number of nitrogens with one attached hydrogen (secondary N) is 1. The van der Waals surface area contributed by atoms with Crippen LogP contribution in [0.3, 0.4) is 0 Å². The smallest absolute Gasteiger partial charge is 0.243 e. The van der Waals surface area contributed by atoms with E-state index in [1.165, 1.54) is 24.2 Å². The second-order valence-electron chi connectivity index (χ2n) is 5.87. The van der Waals surface area contributed by atoms with Crippen LogP contribution in [-0.4, -0.2) is 31.9 Å². The third-order valence-electron chi connectivity index (χ3n) is 3.97. The Kier molecular flexibility index (Phi) is 5.82. The molecule has 1 N–H and O–H groups in total. The number of thiophene rings is 1. The molecule has 1 fully saturated rings. The molecule has 1 atom stereocenters. The molecule has 4 nitrogen and oxygen atoms in total. The van der Waals surface area contributed by atoms with Crippen LogP contribution in [0.4, 0.5) is 0 Å². The maximum atomic E-state index is 12.7. The zero-order chi connectivity index (χ0) is 15.5. The Bertz CT molecular complexity index is 550. The van der Waals surface area contributed by atoms with Crippen molar-refractivity contribution in [1.29, 1.82) is 0 Å². The van der Waals surface area contributed by atoms with Gasteiger partial charge in [0.25, 0.3) is 0 Å². The summed E-state index contributed by atoms with van der Waals surface area (Å²) in [6.45, 7) is 8.00. The van der Waals surface area contributed by atoms with Gasteiger partial charge < -0.3 is 5.32 Å². The Hall–Kier alpha value is -0.430. The first-order valence-electron chi connectivity index (χ1n) is 7.78. The van der Waals surface area contributed by atoms with Crippen LogP contribution in [0.5, 0.6) is 0 Å². The van der Waals surface area contributed by atoms with E-state index in [1.54, 1.807) is 9.69 Å². The highest BCUT2D eigenvalue weighted by Gasteiger charge is 2.26. The minimum absolute atomic E-state index is 0.384. The Morgan fingerprint density at radius 2 is 2.14 bits per heavy atom. The van der Waals surface area contributed by atoms with Gasteiger partial charge in [-0.2, -0.15) is 4.31 Å². The van der Waals surface area contributed by atoms with E-state index >= 15 is 0 Å². The SMILES string of the molecule is CCC(C)CN(CC)S(=O)(=O)c1csc(CNC2CC2)c1. The third-order valence-corrected chi connectivity index (χ3v) is 6.98. The van der Waals surface area contributed by atoms with Crippen LogP contribution >= 0.6 is 11.3 Å². The van der Waals surface area contributed by atoms with Gasteiger partial charge in [0.2, 0.25) is 10.0 Å². The van der Waals surface area contributed by atoms with E-state index in [4.69, 9.17) is 0 Å². The molecule has 1 aromatic rings. The molecule has 1 aliphatic rings. The highest BCUT2D eigenvalue weighted by atomic mass is 32.2. The number of hydrogen-bond acceptors (Lipinski definition) is 4. The third kappa shape index (κ3) is 4.52. The number of sulfonamides is 1. The summed E-state index contributed by atoms with van der Waals surface area (Å²) in [5.41, 5.74) is 0. The molecule has 1 aromatic heterocycles. The van der Waals surface area contributed by atoms with E-state index in [2.05, 4.69) is 19.2 Å². The second-order valence-corrected chi connectivity index (χ2v) is 8.81. The highest BCUT2D eigenvalue weighted by Crippen LogP contribution is 2.25. The average molecular weight is 331 g/mol. The van der Waals surface area contributed by atoms with Crippen LogP contribution in [0.15, 0.2) is 16.3 Å². The first-order valence-corrected chi connectivity index (χ1v) is 10.1. The Morgan fingerprint density at radius 1 is 1.43 bits per heavy atom. The van der Waals surface area contributed by atoms with Crippen molar-refractivity contribution < 1.29 is 8.42 Å². The molecular weight excluding hydrogens is 304 g/mol. The van der Waals surface area contributed by atoms with E-state index in [0.717, 1.165) is 17.8 Å². The van der Waals surface area contributed by atoms with Crippen molar-refractivity contribution in [2.75, 3.05) is 13.1 Å². The van der Waals surface area contributed by atoms with Gasteiger partial charge in [-0.25, -0.2) is 8.42 Å². The van der Waals surface area contributed by atoms with Crippen molar-refractivity contribution in [3.63, 3.8) is 0 Å². The highest BCUT2D eigenvalue weighted by molar-refractivity contribution is 7.89. The summed E-state index contributed by atoms with van der Waals surface area (Å²) in [5, 5.41) is 5.20. The molecular formula is C15H26N2O2S2. The van der Waals surface area contributed by atoms with Gasteiger partial charge in [-0.05, 0) is 24.8 Å². The Morgan fingerprint density at radius 3 is 2.71 bits per heavy atom. The topological polar surface area (TPSA) is 49.4 Å².